The van der Waals surface area contributed by atoms with Crippen molar-refractivity contribution in [1.82, 2.24) is 14.9 Å². The Balaban J connectivity index is 2.26. The van der Waals surface area contributed by atoms with Crippen LogP contribution in [0.3, 0.4) is 0 Å². The summed E-state index contributed by atoms with van der Waals surface area (Å²) in [6, 6.07) is 0. The molecule has 0 spiro atoms. The third kappa shape index (κ3) is 5.65. The van der Waals surface area contributed by atoms with Gasteiger partial charge in [0.05, 0.1) is 6.61 Å². The van der Waals surface area contributed by atoms with Crippen LogP contribution in [0.2, 0.25) is 0 Å². The first kappa shape index (κ1) is 15.2. The fourth-order valence-electron chi connectivity index (χ4n) is 2.21. The summed E-state index contributed by atoms with van der Waals surface area (Å²) in [5, 5.41) is 3.46. The molecule has 0 saturated carbocycles. The van der Waals surface area contributed by atoms with Gasteiger partial charge in [-0.1, -0.05) is 13.3 Å². The number of ether oxygens (including phenoxy) is 1. The molecule has 104 valence electrons. The number of nitrogens with one attached hydrogen (secondary N) is 1. The number of aryl methyl sites for hydroxylation is 2. The molecule has 1 rings (SSSR count). The summed E-state index contributed by atoms with van der Waals surface area (Å²) >= 11 is 0. The number of methoxy groups -OCH3 is 1. The molecule has 0 amide bonds. The van der Waals surface area contributed by atoms with Crippen LogP contribution in [0, 0.1) is 5.92 Å². The number of hydrogen-bond acceptors (Lipinski definition) is 3. The third-order valence-electron chi connectivity index (χ3n) is 3.31. The summed E-state index contributed by atoms with van der Waals surface area (Å²) in [5.74, 6) is 1.93. The van der Waals surface area contributed by atoms with Crippen LogP contribution < -0.4 is 5.32 Å². The molecule has 1 unspecified atom stereocenters. The van der Waals surface area contributed by atoms with E-state index in [0.29, 0.717) is 0 Å². The summed E-state index contributed by atoms with van der Waals surface area (Å²) in [7, 11) is 3.81. The minimum absolute atomic E-state index is 0.739. The molecule has 0 fully saturated rings. The Morgan fingerprint density at radius 2 is 2.28 bits per heavy atom. The SMILES string of the molecule is CCCC(CCc1nccn1C)CNCCOC. The minimum atomic E-state index is 0.739. The Kier molecular flexibility index (Phi) is 7.69. The maximum atomic E-state index is 5.04. The highest BCUT2D eigenvalue weighted by Crippen LogP contribution is 2.13. The predicted octanol–water partition coefficient (Wildman–Crippen LogP) is 2.00. The highest BCUT2D eigenvalue weighted by atomic mass is 16.5. The largest absolute Gasteiger partial charge is 0.383 e. The van der Waals surface area contributed by atoms with Gasteiger partial charge in [0.25, 0.3) is 0 Å². The van der Waals surface area contributed by atoms with Crippen LogP contribution in [0.25, 0.3) is 0 Å². The first-order valence-corrected chi connectivity index (χ1v) is 6.93. The van der Waals surface area contributed by atoms with Crippen molar-refractivity contribution >= 4 is 0 Å². The molecule has 4 nitrogen and oxygen atoms in total. The van der Waals surface area contributed by atoms with E-state index in [0.717, 1.165) is 32.0 Å². The van der Waals surface area contributed by atoms with Gasteiger partial charge in [-0.05, 0) is 25.3 Å². The average Bonchev–Trinajstić information content (AvgIpc) is 2.77. The van der Waals surface area contributed by atoms with E-state index in [2.05, 4.69) is 28.8 Å². The minimum Gasteiger partial charge on any atom is -0.383 e. The van der Waals surface area contributed by atoms with Crippen molar-refractivity contribution < 1.29 is 4.74 Å². The fourth-order valence-corrected chi connectivity index (χ4v) is 2.21. The second kappa shape index (κ2) is 9.11. The van der Waals surface area contributed by atoms with Gasteiger partial charge in [0.2, 0.25) is 0 Å². The van der Waals surface area contributed by atoms with E-state index in [-0.39, 0.29) is 0 Å². The first-order valence-electron chi connectivity index (χ1n) is 6.93. The van der Waals surface area contributed by atoms with Crippen molar-refractivity contribution in [2.45, 2.75) is 32.6 Å². The van der Waals surface area contributed by atoms with E-state index in [4.69, 9.17) is 4.74 Å². The molecular formula is C14H27N3O. The third-order valence-corrected chi connectivity index (χ3v) is 3.31. The molecule has 4 heteroatoms. The number of imidazole rings is 1. The van der Waals surface area contributed by atoms with E-state index < -0.39 is 0 Å². The quantitative estimate of drug-likeness (QED) is 0.648. The van der Waals surface area contributed by atoms with Gasteiger partial charge in [-0.2, -0.15) is 0 Å². The smallest absolute Gasteiger partial charge is 0.108 e. The first-order chi connectivity index (χ1) is 8.77. The van der Waals surface area contributed by atoms with Gasteiger partial charge in [-0.15, -0.1) is 0 Å². The van der Waals surface area contributed by atoms with E-state index in [1.54, 1.807) is 7.11 Å². The van der Waals surface area contributed by atoms with Crippen molar-refractivity contribution in [2.75, 3.05) is 26.8 Å². The van der Waals surface area contributed by atoms with Gasteiger partial charge < -0.3 is 14.6 Å². The van der Waals surface area contributed by atoms with Crippen LogP contribution in [0.4, 0.5) is 0 Å². The maximum Gasteiger partial charge on any atom is 0.108 e. The predicted molar refractivity (Wildman–Crippen MR) is 74.7 cm³/mol. The molecule has 18 heavy (non-hydrogen) atoms. The molecule has 1 atom stereocenters. The van der Waals surface area contributed by atoms with Crippen LogP contribution in [0.5, 0.6) is 0 Å². The Morgan fingerprint density at radius 3 is 2.89 bits per heavy atom. The van der Waals surface area contributed by atoms with Gasteiger partial charge in [-0.3, -0.25) is 0 Å². The second-order valence-electron chi connectivity index (χ2n) is 4.84. The Labute approximate surface area is 111 Å². The van der Waals surface area contributed by atoms with Crippen molar-refractivity contribution in [1.29, 1.82) is 0 Å². The lowest BCUT2D eigenvalue weighted by atomic mass is 9.97. The Morgan fingerprint density at radius 1 is 1.44 bits per heavy atom. The molecule has 0 aliphatic rings. The van der Waals surface area contributed by atoms with Crippen molar-refractivity contribution in [3.05, 3.63) is 18.2 Å². The summed E-state index contributed by atoms with van der Waals surface area (Å²) < 4.78 is 7.15. The maximum absolute atomic E-state index is 5.04. The lowest BCUT2D eigenvalue weighted by Gasteiger charge is -2.16. The molecule has 0 saturated heterocycles. The molecule has 0 radical (unpaired) electrons. The summed E-state index contributed by atoms with van der Waals surface area (Å²) in [6.07, 6.45) is 8.70. The molecule has 0 aliphatic heterocycles. The van der Waals surface area contributed by atoms with Crippen LogP contribution >= 0.6 is 0 Å². The van der Waals surface area contributed by atoms with E-state index in [1.807, 2.05) is 12.4 Å². The van der Waals surface area contributed by atoms with Gasteiger partial charge in [0.15, 0.2) is 0 Å². The van der Waals surface area contributed by atoms with E-state index >= 15 is 0 Å². The van der Waals surface area contributed by atoms with Gasteiger partial charge in [0, 0.05) is 39.5 Å². The zero-order chi connectivity index (χ0) is 13.2. The molecule has 1 N–H and O–H groups in total. The summed E-state index contributed by atoms with van der Waals surface area (Å²) in [4.78, 5) is 4.38. The van der Waals surface area contributed by atoms with E-state index in [1.165, 1.54) is 25.1 Å². The lowest BCUT2D eigenvalue weighted by molar-refractivity contribution is 0.197. The number of aromatic nitrogens is 2. The summed E-state index contributed by atoms with van der Waals surface area (Å²) in [5.41, 5.74) is 0. The molecule has 1 aromatic heterocycles. The Bertz CT molecular complexity index is 312. The standard InChI is InChI=1S/C14H27N3O/c1-4-5-13(12-15-9-11-18-3)6-7-14-16-8-10-17(14)2/h8,10,13,15H,4-7,9,11-12H2,1-3H3. The zero-order valence-electron chi connectivity index (χ0n) is 12.0. The topological polar surface area (TPSA) is 39.1 Å². The van der Waals surface area contributed by atoms with Crippen molar-refractivity contribution in [2.24, 2.45) is 13.0 Å². The van der Waals surface area contributed by atoms with Crippen molar-refractivity contribution in [3.63, 3.8) is 0 Å². The van der Waals surface area contributed by atoms with Crippen LogP contribution in [0.15, 0.2) is 12.4 Å². The zero-order valence-corrected chi connectivity index (χ0v) is 12.0. The lowest BCUT2D eigenvalue weighted by Crippen LogP contribution is -2.26. The van der Waals surface area contributed by atoms with E-state index in [9.17, 15) is 0 Å². The molecule has 0 aromatic carbocycles. The van der Waals surface area contributed by atoms with Crippen LogP contribution in [0.1, 0.15) is 32.0 Å². The fraction of sp³-hybridized carbons (Fsp3) is 0.786. The van der Waals surface area contributed by atoms with Gasteiger partial charge >= 0.3 is 0 Å². The molecule has 0 aliphatic carbocycles. The molecule has 1 aromatic rings. The number of rotatable bonds is 10. The molecule has 0 bridgehead atoms. The summed E-state index contributed by atoms with van der Waals surface area (Å²) in [6.45, 7) is 5.07. The monoisotopic (exact) mass is 253 g/mol. The van der Waals surface area contributed by atoms with Crippen LogP contribution in [-0.2, 0) is 18.2 Å². The highest BCUT2D eigenvalue weighted by Gasteiger charge is 2.09. The average molecular weight is 253 g/mol. The van der Waals surface area contributed by atoms with Crippen molar-refractivity contribution in [3.8, 4) is 0 Å². The van der Waals surface area contributed by atoms with Crippen LogP contribution in [-0.4, -0.2) is 36.4 Å². The highest BCUT2D eigenvalue weighted by molar-refractivity contribution is 4.91. The molecular weight excluding hydrogens is 226 g/mol. The normalized spacial score (nSPS) is 12.8. The Hall–Kier alpha value is -0.870. The van der Waals surface area contributed by atoms with Gasteiger partial charge in [-0.25, -0.2) is 4.98 Å². The number of nitrogens with zero attached hydrogens (tertiary/aromatic N) is 2. The number of hydrogen-bond donors (Lipinski definition) is 1. The second-order valence-corrected chi connectivity index (χ2v) is 4.84. The molecule has 1 heterocycles. The van der Waals surface area contributed by atoms with Gasteiger partial charge in [0.1, 0.15) is 5.82 Å².